The minimum atomic E-state index is -0.702. The van der Waals surface area contributed by atoms with Crippen molar-refractivity contribution in [3.05, 3.63) is 45.6 Å². The Morgan fingerprint density at radius 2 is 2.13 bits per heavy atom. The van der Waals surface area contributed by atoms with Gasteiger partial charge in [0.25, 0.3) is 5.91 Å². The van der Waals surface area contributed by atoms with Crippen molar-refractivity contribution in [1.82, 2.24) is 5.48 Å². The van der Waals surface area contributed by atoms with Gasteiger partial charge in [0, 0.05) is 6.42 Å². The third-order valence-corrected chi connectivity index (χ3v) is 4.98. The molecular weight excluding hydrogens is 319 g/mol. The zero-order valence-electron chi connectivity index (χ0n) is 12.4. The van der Waals surface area contributed by atoms with Crippen LogP contribution in [0.5, 0.6) is 0 Å². The molecule has 0 saturated carbocycles. The van der Waals surface area contributed by atoms with Crippen molar-refractivity contribution in [2.24, 2.45) is 0 Å². The van der Waals surface area contributed by atoms with Gasteiger partial charge in [-0.25, -0.2) is 9.87 Å². The molecule has 23 heavy (non-hydrogen) atoms. The fourth-order valence-corrected chi connectivity index (χ4v) is 3.92. The number of aryl methyl sites for hydroxylation is 1. The molecule has 3 N–H and O–H groups in total. The summed E-state index contributed by atoms with van der Waals surface area (Å²) in [6, 6.07) is 4.70. The summed E-state index contributed by atoms with van der Waals surface area (Å²) in [4.78, 5) is 24.5. The number of halogens is 1. The van der Waals surface area contributed by atoms with Crippen LogP contribution in [0, 0.1) is 12.7 Å². The second kappa shape index (κ2) is 6.10. The molecule has 2 aromatic rings. The van der Waals surface area contributed by atoms with Gasteiger partial charge in [-0.05, 0) is 43.0 Å². The molecule has 0 fully saturated rings. The lowest BCUT2D eigenvalue weighted by atomic mass is 9.94. The van der Waals surface area contributed by atoms with Crippen LogP contribution in [0.15, 0.2) is 18.2 Å². The van der Waals surface area contributed by atoms with Gasteiger partial charge in [-0.15, -0.1) is 11.3 Å². The molecule has 1 aromatic carbocycles. The number of hydrogen-bond donors (Lipinski definition) is 3. The number of amides is 1. The van der Waals surface area contributed by atoms with Gasteiger partial charge in [-0.1, -0.05) is 6.07 Å². The summed E-state index contributed by atoms with van der Waals surface area (Å²) >= 11 is 1.12. The number of benzene rings is 1. The highest BCUT2D eigenvalue weighted by atomic mass is 32.1. The van der Waals surface area contributed by atoms with E-state index in [9.17, 15) is 14.0 Å². The van der Waals surface area contributed by atoms with Gasteiger partial charge in [0.2, 0.25) is 0 Å². The average Bonchev–Trinajstić information content (AvgIpc) is 2.89. The Morgan fingerprint density at radius 3 is 2.83 bits per heavy atom. The molecule has 0 atom stereocenters. The molecule has 0 radical (unpaired) electrons. The fraction of sp³-hybridized carbons (Fsp3) is 0.250. The highest BCUT2D eigenvalue weighted by Crippen LogP contribution is 2.39. The molecule has 0 bridgehead atoms. The summed E-state index contributed by atoms with van der Waals surface area (Å²) in [6.45, 7) is 1.78. The van der Waals surface area contributed by atoms with Crippen molar-refractivity contribution >= 4 is 33.7 Å². The largest absolute Gasteiger partial charge is 0.344 e. The SMILES string of the molecule is Cc1ccc(Nc2sc3c(c2C(=O)NO)CCCC3=O)c(F)c1. The molecule has 1 amide bonds. The van der Waals surface area contributed by atoms with Crippen LogP contribution in [0.3, 0.4) is 0 Å². The van der Waals surface area contributed by atoms with E-state index in [4.69, 9.17) is 5.21 Å². The molecule has 0 unspecified atom stereocenters. The summed E-state index contributed by atoms with van der Waals surface area (Å²) in [5.41, 5.74) is 3.43. The van der Waals surface area contributed by atoms with Gasteiger partial charge in [0.05, 0.1) is 16.1 Å². The second-order valence-corrected chi connectivity index (χ2v) is 6.46. The molecule has 1 aliphatic rings. The maximum atomic E-state index is 14.0. The molecule has 0 saturated heterocycles. The van der Waals surface area contributed by atoms with E-state index in [1.807, 2.05) is 0 Å². The van der Waals surface area contributed by atoms with E-state index < -0.39 is 11.7 Å². The molecule has 1 heterocycles. The van der Waals surface area contributed by atoms with Crippen molar-refractivity contribution in [3.63, 3.8) is 0 Å². The highest BCUT2D eigenvalue weighted by molar-refractivity contribution is 7.18. The Kier molecular flexibility index (Phi) is 4.14. The zero-order valence-corrected chi connectivity index (χ0v) is 13.2. The second-order valence-electron chi connectivity index (χ2n) is 5.44. The lowest BCUT2D eigenvalue weighted by molar-refractivity contribution is 0.0706. The quantitative estimate of drug-likeness (QED) is 0.592. The zero-order chi connectivity index (χ0) is 16.6. The number of Topliss-reactive ketones (excluding diaryl/α,β-unsaturated/α-hetero) is 1. The van der Waals surface area contributed by atoms with Gasteiger partial charge in [0.1, 0.15) is 10.8 Å². The van der Waals surface area contributed by atoms with Crippen molar-refractivity contribution in [2.75, 3.05) is 5.32 Å². The Balaban J connectivity index is 2.07. The van der Waals surface area contributed by atoms with Crippen molar-refractivity contribution in [2.45, 2.75) is 26.2 Å². The van der Waals surface area contributed by atoms with E-state index in [0.717, 1.165) is 16.9 Å². The summed E-state index contributed by atoms with van der Waals surface area (Å²) in [5.74, 6) is -1.18. The van der Waals surface area contributed by atoms with E-state index in [1.54, 1.807) is 24.5 Å². The maximum Gasteiger partial charge on any atom is 0.277 e. The van der Waals surface area contributed by atoms with Gasteiger partial charge in [-0.3, -0.25) is 14.8 Å². The normalized spacial score (nSPS) is 13.6. The standard InChI is InChI=1S/C16H15FN2O3S/c1-8-5-6-11(10(17)7-8)18-16-13(15(21)19-22)9-3-2-4-12(20)14(9)23-16/h5-7,18,22H,2-4H2,1H3,(H,19,21). The smallest absolute Gasteiger partial charge is 0.277 e. The molecule has 0 aliphatic heterocycles. The molecule has 1 aromatic heterocycles. The van der Waals surface area contributed by atoms with Crippen molar-refractivity contribution in [1.29, 1.82) is 0 Å². The number of nitrogens with one attached hydrogen (secondary N) is 2. The summed E-state index contributed by atoms with van der Waals surface area (Å²) in [6.07, 6.45) is 1.68. The Bertz CT molecular complexity index is 801. The topological polar surface area (TPSA) is 78.4 Å². The predicted octanol–water partition coefficient (Wildman–Crippen LogP) is 3.58. The number of carbonyl (C=O) groups is 2. The van der Waals surface area contributed by atoms with Crippen LogP contribution in [0.2, 0.25) is 0 Å². The van der Waals surface area contributed by atoms with Crippen LogP contribution in [-0.2, 0) is 6.42 Å². The third kappa shape index (κ3) is 2.85. The minimum absolute atomic E-state index is 0.0272. The first-order valence-electron chi connectivity index (χ1n) is 7.17. The Morgan fingerprint density at radius 1 is 1.35 bits per heavy atom. The first-order chi connectivity index (χ1) is 11.0. The van der Waals surface area contributed by atoms with Crippen LogP contribution in [0.4, 0.5) is 15.1 Å². The third-order valence-electron chi connectivity index (χ3n) is 3.79. The predicted molar refractivity (Wildman–Crippen MR) is 85.3 cm³/mol. The number of anilines is 2. The molecule has 5 nitrogen and oxygen atoms in total. The molecule has 3 rings (SSSR count). The van der Waals surface area contributed by atoms with E-state index in [0.29, 0.717) is 34.7 Å². The monoisotopic (exact) mass is 334 g/mol. The number of hydrogen-bond acceptors (Lipinski definition) is 5. The number of fused-ring (bicyclic) bond motifs is 1. The Hall–Kier alpha value is -2.25. The van der Waals surface area contributed by atoms with Crippen LogP contribution < -0.4 is 10.8 Å². The number of ketones is 1. The Labute approximate surface area is 136 Å². The number of rotatable bonds is 3. The van der Waals surface area contributed by atoms with E-state index in [-0.39, 0.29) is 17.0 Å². The molecule has 120 valence electrons. The lowest BCUT2D eigenvalue weighted by Crippen LogP contribution is -2.21. The van der Waals surface area contributed by atoms with E-state index in [2.05, 4.69) is 5.32 Å². The summed E-state index contributed by atoms with van der Waals surface area (Å²) < 4.78 is 14.0. The first kappa shape index (κ1) is 15.6. The van der Waals surface area contributed by atoms with Gasteiger partial charge in [0.15, 0.2) is 5.78 Å². The lowest BCUT2D eigenvalue weighted by Gasteiger charge is -2.11. The van der Waals surface area contributed by atoms with E-state index in [1.165, 1.54) is 6.07 Å². The molecule has 7 heteroatoms. The van der Waals surface area contributed by atoms with Gasteiger partial charge < -0.3 is 5.32 Å². The summed E-state index contributed by atoms with van der Waals surface area (Å²) in [7, 11) is 0. The molecular formula is C16H15FN2O3S. The molecule has 0 spiro atoms. The van der Waals surface area contributed by atoms with Gasteiger partial charge in [-0.2, -0.15) is 0 Å². The highest BCUT2D eigenvalue weighted by Gasteiger charge is 2.29. The van der Waals surface area contributed by atoms with E-state index >= 15 is 0 Å². The summed E-state index contributed by atoms with van der Waals surface area (Å²) in [5, 5.41) is 12.2. The average molecular weight is 334 g/mol. The van der Waals surface area contributed by atoms with Crippen LogP contribution in [-0.4, -0.2) is 16.9 Å². The number of thiophene rings is 1. The minimum Gasteiger partial charge on any atom is -0.344 e. The number of hydroxylamine groups is 1. The van der Waals surface area contributed by atoms with Crippen LogP contribution in [0.25, 0.3) is 0 Å². The number of carbonyl (C=O) groups excluding carboxylic acids is 2. The molecule has 1 aliphatic carbocycles. The fourth-order valence-electron chi connectivity index (χ4n) is 2.70. The first-order valence-corrected chi connectivity index (χ1v) is 7.99. The van der Waals surface area contributed by atoms with Crippen molar-refractivity contribution in [3.8, 4) is 0 Å². The van der Waals surface area contributed by atoms with Crippen molar-refractivity contribution < 1.29 is 19.2 Å². The maximum absolute atomic E-state index is 14.0. The van der Waals surface area contributed by atoms with Crippen LogP contribution in [0.1, 0.15) is 44.0 Å². The van der Waals surface area contributed by atoms with Crippen LogP contribution >= 0.6 is 11.3 Å². The van der Waals surface area contributed by atoms with Gasteiger partial charge >= 0.3 is 0 Å².